The molecule has 2 atom stereocenters. The minimum Gasteiger partial charge on any atom is -0.391 e. The van der Waals surface area contributed by atoms with E-state index in [2.05, 4.69) is 0 Å². The quantitative estimate of drug-likeness (QED) is 0.580. The summed E-state index contributed by atoms with van der Waals surface area (Å²) in [5.74, 6) is 0. The second-order valence-corrected chi connectivity index (χ2v) is 3.71. The Morgan fingerprint density at radius 1 is 1.36 bits per heavy atom. The molecular formula is C8H16O3. The first-order chi connectivity index (χ1) is 5.00. The highest BCUT2D eigenvalue weighted by atomic mass is 16.5. The van der Waals surface area contributed by atoms with Gasteiger partial charge in [-0.3, -0.25) is 0 Å². The molecule has 1 aliphatic heterocycles. The van der Waals surface area contributed by atoms with E-state index in [9.17, 15) is 5.11 Å². The first-order valence-electron chi connectivity index (χ1n) is 4.02. The molecule has 2 unspecified atom stereocenters. The smallest absolute Gasteiger partial charge is 0.0858 e. The molecule has 0 amide bonds. The van der Waals surface area contributed by atoms with Crippen molar-refractivity contribution in [1.29, 1.82) is 0 Å². The molecule has 0 aromatic rings. The Kier molecular flexibility index (Phi) is 2.52. The van der Waals surface area contributed by atoms with E-state index >= 15 is 0 Å². The third-order valence-electron chi connectivity index (χ3n) is 2.04. The van der Waals surface area contributed by atoms with Gasteiger partial charge in [0.2, 0.25) is 0 Å². The van der Waals surface area contributed by atoms with Crippen molar-refractivity contribution in [1.82, 2.24) is 0 Å². The summed E-state index contributed by atoms with van der Waals surface area (Å²) in [5, 5.41) is 18.6. The van der Waals surface area contributed by atoms with Crippen molar-refractivity contribution in [3.8, 4) is 0 Å². The number of ether oxygens (including phenoxy) is 1. The standard InChI is InChI=1S/C8H16O3/c1-8(2,10)7-4-3-6(9)5-11-7/h6-7,9-10H,3-5H2,1-2H3. The van der Waals surface area contributed by atoms with Gasteiger partial charge in [-0.25, -0.2) is 0 Å². The van der Waals surface area contributed by atoms with Gasteiger partial charge in [0.15, 0.2) is 0 Å². The predicted molar refractivity (Wildman–Crippen MR) is 41.3 cm³/mol. The van der Waals surface area contributed by atoms with Crippen molar-refractivity contribution in [3.63, 3.8) is 0 Å². The minimum atomic E-state index is -0.778. The molecule has 11 heavy (non-hydrogen) atoms. The molecule has 3 heteroatoms. The van der Waals surface area contributed by atoms with E-state index in [0.717, 1.165) is 12.8 Å². The van der Waals surface area contributed by atoms with E-state index in [0.29, 0.717) is 6.61 Å². The predicted octanol–water partition coefficient (Wildman–Crippen LogP) is 0.297. The third kappa shape index (κ3) is 2.43. The van der Waals surface area contributed by atoms with Crippen LogP contribution in [0.5, 0.6) is 0 Å². The lowest BCUT2D eigenvalue weighted by Gasteiger charge is -2.34. The van der Waals surface area contributed by atoms with Crippen LogP contribution in [0.3, 0.4) is 0 Å². The monoisotopic (exact) mass is 160 g/mol. The van der Waals surface area contributed by atoms with Gasteiger partial charge in [0.1, 0.15) is 0 Å². The fourth-order valence-corrected chi connectivity index (χ4v) is 1.29. The van der Waals surface area contributed by atoms with Crippen LogP contribution in [0, 0.1) is 0 Å². The number of aliphatic hydroxyl groups excluding tert-OH is 1. The molecule has 0 aromatic carbocycles. The van der Waals surface area contributed by atoms with Gasteiger partial charge in [0.05, 0.1) is 24.4 Å². The molecule has 2 N–H and O–H groups in total. The van der Waals surface area contributed by atoms with Gasteiger partial charge in [-0.05, 0) is 26.7 Å². The molecule has 66 valence electrons. The van der Waals surface area contributed by atoms with Crippen LogP contribution < -0.4 is 0 Å². The van der Waals surface area contributed by atoms with Gasteiger partial charge >= 0.3 is 0 Å². The van der Waals surface area contributed by atoms with Crippen molar-refractivity contribution >= 4 is 0 Å². The molecule has 1 aliphatic rings. The molecule has 1 rings (SSSR count). The van der Waals surface area contributed by atoms with E-state index in [-0.39, 0.29) is 12.2 Å². The lowest BCUT2D eigenvalue weighted by Crippen LogP contribution is -2.43. The topological polar surface area (TPSA) is 49.7 Å². The van der Waals surface area contributed by atoms with E-state index in [4.69, 9.17) is 9.84 Å². The SMILES string of the molecule is CC(C)(O)C1CCC(O)CO1. The largest absolute Gasteiger partial charge is 0.391 e. The normalized spacial score (nSPS) is 33.8. The van der Waals surface area contributed by atoms with Crippen LogP contribution in [0.4, 0.5) is 0 Å². The van der Waals surface area contributed by atoms with Crippen LogP contribution in [0.15, 0.2) is 0 Å². The Labute approximate surface area is 67.0 Å². The highest BCUT2D eigenvalue weighted by Gasteiger charge is 2.31. The average Bonchev–Trinajstić information content (AvgIpc) is 1.86. The summed E-state index contributed by atoms with van der Waals surface area (Å²) in [5.41, 5.74) is -0.778. The number of hydrogen-bond donors (Lipinski definition) is 2. The van der Waals surface area contributed by atoms with Crippen molar-refractivity contribution in [2.45, 2.75) is 44.5 Å². The van der Waals surface area contributed by atoms with Gasteiger partial charge in [0, 0.05) is 0 Å². The van der Waals surface area contributed by atoms with Gasteiger partial charge in [-0.2, -0.15) is 0 Å². The Balaban J connectivity index is 2.39. The summed E-state index contributed by atoms with van der Waals surface area (Å²) in [6.07, 6.45) is 1.01. The van der Waals surface area contributed by atoms with Gasteiger partial charge < -0.3 is 14.9 Å². The van der Waals surface area contributed by atoms with Crippen LogP contribution in [0.25, 0.3) is 0 Å². The lowest BCUT2D eigenvalue weighted by atomic mass is 9.94. The average molecular weight is 160 g/mol. The van der Waals surface area contributed by atoms with Crippen molar-refractivity contribution < 1.29 is 14.9 Å². The Morgan fingerprint density at radius 3 is 2.36 bits per heavy atom. The Bertz CT molecular complexity index is 120. The molecule has 1 fully saturated rings. The van der Waals surface area contributed by atoms with E-state index in [1.165, 1.54) is 0 Å². The summed E-state index contributed by atoms with van der Waals surface area (Å²) in [6.45, 7) is 3.82. The van der Waals surface area contributed by atoms with Crippen LogP contribution in [0.2, 0.25) is 0 Å². The van der Waals surface area contributed by atoms with Crippen LogP contribution in [-0.2, 0) is 4.74 Å². The number of aliphatic hydroxyl groups is 2. The third-order valence-corrected chi connectivity index (χ3v) is 2.04. The van der Waals surface area contributed by atoms with Crippen LogP contribution >= 0.6 is 0 Å². The zero-order valence-corrected chi connectivity index (χ0v) is 7.08. The fraction of sp³-hybridized carbons (Fsp3) is 1.00. The second-order valence-electron chi connectivity index (χ2n) is 3.71. The molecule has 1 saturated heterocycles. The summed E-state index contributed by atoms with van der Waals surface area (Å²) in [6, 6.07) is 0. The van der Waals surface area contributed by atoms with E-state index < -0.39 is 5.60 Å². The maximum atomic E-state index is 9.52. The summed E-state index contributed by atoms with van der Waals surface area (Å²) >= 11 is 0. The van der Waals surface area contributed by atoms with Crippen molar-refractivity contribution in [2.75, 3.05) is 6.61 Å². The van der Waals surface area contributed by atoms with Gasteiger partial charge in [-0.1, -0.05) is 0 Å². The number of hydrogen-bond acceptors (Lipinski definition) is 3. The Morgan fingerprint density at radius 2 is 2.00 bits per heavy atom. The van der Waals surface area contributed by atoms with Gasteiger partial charge in [-0.15, -0.1) is 0 Å². The molecule has 0 aliphatic carbocycles. The Hall–Kier alpha value is -0.120. The molecular weight excluding hydrogens is 144 g/mol. The van der Waals surface area contributed by atoms with E-state index in [1.807, 2.05) is 0 Å². The van der Waals surface area contributed by atoms with E-state index in [1.54, 1.807) is 13.8 Å². The van der Waals surface area contributed by atoms with Crippen LogP contribution in [0.1, 0.15) is 26.7 Å². The fourth-order valence-electron chi connectivity index (χ4n) is 1.29. The molecule has 0 saturated carbocycles. The van der Waals surface area contributed by atoms with Gasteiger partial charge in [0.25, 0.3) is 0 Å². The summed E-state index contributed by atoms with van der Waals surface area (Å²) in [4.78, 5) is 0. The first kappa shape index (κ1) is 8.97. The highest BCUT2D eigenvalue weighted by Crippen LogP contribution is 2.22. The van der Waals surface area contributed by atoms with Crippen molar-refractivity contribution in [3.05, 3.63) is 0 Å². The van der Waals surface area contributed by atoms with Crippen molar-refractivity contribution in [2.24, 2.45) is 0 Å². The maximum Gasteiger partial charge on any atom is 0.0858 e. The molecule has 0 aromatic heterocycles. The minimum absolute atomic E-state index is 0.120. The second kappa shape index (κ2) is 3.09. The zero-order valence-electron chi connectivity index (χ0n) is 7.08. The zero-order chi connectivity index (χ0) is 8.48. The summed E-state index contributed by atoms with van der Waals surface area (Å²) < 4.78 is 5.25. The molecule has 3 nitrogen and oxygen atoms in total. The first-order valence-corrected chi connectivity index (χ1v) is 4.02. The molecule has 0 spiro atoms. The lowest BCUT2D eigenvalue weighted by molar-refractivity contribution is -0.136. The summed E-state index contributed by atoms with van der Waals surface area (Å²) in [7, 11) is 0. The van der Waals surface area contributed by atoms with Crippen LogP contribution in [-0.4, -0.2) is 34.6 Å². The maximum absolute atomic E-state index is 9.52. The molecule has 0 bridgehead atoms. The molecule has 0 radical (unpaired) electrons. The molecule has 1 heterocycles. The number of rotatable bonds is 1. The highest BCUT2D eigenvalue weighted by molar-refractivity contribution is 4.82.